The summed E-state index contributed by atoms with van der Waals surface area (Å²) in [6.07, 6.45) is 1.19. The number of benzene rings is 1. The van der Waals surface area contributed by atoms with E-state index in [2.05, 4.69) is 36.5 Å². The predicted molar refractivity (Wildman–Crippen MR) is 80.4 cm³/mol. The van der Waals surface area contributed by atoms with Crippen LogP contribution in [0.2, 0.25) is 0 Å². The number of aliphatic hydroxyl groups is 1. The summed E-state index contributed by atoms with van der Waals surface area (Å²) in [7, 11) is 0. The number of hydrogen-bond acceptors (Lipinski definition) is 3. The number of aryl methyl sites for hydroxylation is 1. The van der Waals surface area contributed by atoms with Crippen LogP contribution in [0.5, 0.6) is 0 Å². The standard InChI is InChI=1S/C15H23NO2S/c1-4-15(3,11-17)16-14(18)9-10-19-13-7-5-12(2)6-8-13/h5-8,17H,4,9-11H2,1-3H3,(H,16,18). The SMILES string of the molecule is CCC(C)(CO)NC(=O)CCSc1ccc(C)cc1. The van der Waals surface area contributed by atoms with Crippen LogP contribution in [0.3, 0.4) is 0 Å². The highest BCUT2D eigenvalue weighted by atomic mass is 32.2. The lowest BCUT2D eigenvalue weighted by Gasteiger charge is -2.27. The first-order chi connectivity index (χ1) is 8.99. The molecule has 3 nitrogen and oxygen atoms in total. The van der Waals surface area contributed by atoms with Gasteiger partial charge in [-0.05, 0) is 32.4 Å². The fraction of sp³-hybridized carbons (Fsp3) is 0.533. The highest BCUT2D eigenvalue weighted by Gasteiger charge is 2.22. The Morgan fingerprint density at radius 3 is 2.53 bits per heavy atom. The minimum Gasteiger partial charge on any atom is -0.394 e. The molecule has 0 aliphatic carbocycles. The topological polar surface area (TPSA) is 49.3 Å². The number of amides is 1. The van der Waals surface area contributed by atoms with Crippen molar-refractivity contribution in [1.82, 2.24) is 5.32 Å². The van der Waals surface area contributed by atoms with Gasteiger partial charge in [0.05, 0.1) is 12.1 Å². The van der Waals surface area contributed by atoms with E-state index in [1.807, 2.05) is 13.8 Å². The molecule has 0 spiro atoms. The molecule has 0 fully saturated rings. The molecule has 0 saturated heterocycles. The summed E-state index contributed by atoms with van der Waals surface area (Å²) < 4.78 is 0. The van der Waals surface area contributed by atoms with Gasteiger partial charge in [-0.3, -0.25) is 4.79 Å². The van der Waals surface area contributed by atoms with Gasteiger partial charge in [-0.1, -0.05) is 24.6 Å². The summed E-state index contributed by atoms with van der Waals surface area (Å²) in [4.78, 5) is 13.0. The zero-order chi connectivity index (χ0) is 14.3. The Morgan fingerprint density at radius 1 is 1.37 bits per heavy atom. The zero-order valence-corrected chi connectivity index (χ0v) is 12.7. The molecule has 0 aromatic heterocycles. The predicted octanol–water partition coefficient (Wildman–Crippen LogP) is 2.75. The molecule has 1 aromatic rings. The fourth-order valence-electron chi connectivity index (χ4n) is 1.53. The summed E-state index contributed by atoms with van der Waals surface area (Å²) in [5.74, 6) is 0.748. The second-order valence-corrected chi connectivity index (χ2v) is 6.20. The third-order valence-electron chi connectivity index (χ3n) is 3.19. The highest BCUT2D eigenvalue weighted by Crippen LogP contribution is 2.19. The lowest BCUT2D eigenvalue weighted by molar-refractivity contribution is -0.123. The van der Waals surface area contributed by atoms with E-state index >= 15 is 0 Å². The van der Waals surface area contributed by atoms with Crippen molar-refractivity contribution < 1.29 is 9.90 Å². The number of carbonyl (C=O) groups excluding carboxylic acids is 1. The van der Waals surface area contributed by atoms with Gasteiger partial charge in [-0.15, -0.1) is 11.8 Å². The van der Waals surface area contributed by atoms with Gasteiger partial charge in [-0.25, -0.2) is 0 Å². The molecule has 1 rings (SSSR count). The van der Waals surface area contributed by atoms with E-state index in [1.165, 1.54) is 10.5 Å². The van der Waals surface area contributed by atoms with Crippen molar-refractivity contribution in [3.63, 3.8) is 0 Å². The van der Waals surface area contributed by atoms with Gasteiger partial charge < -0.3 is 10.4 Å². The third-order valence-corrected chi connectivity index (χ3v) is 4.20. The fourth-order valence-corrected chi connectivity index (χ4v) is 2.39. The molecule has 0 heterocycles. The van der Waals surface area contributed by atoms with Gasteiger partial charge in [0.2, 0.25) is 5.91 Å². The highest BCUT2D eigenvalue weighted by molar-refractivity contribution is 7.99. The first kappa shape index (κ1) is 16.1. The number of rotatable bonds is 7. The number of thioether (sulfide) groups is 1. The van der Waals surface area contributed by atoms with Gasteiger partial charge >= 0.3 is 0 Å². The van der Waals surface area contributed by atoms with E-state index in [1.54, 1.807) is 11.8 Å². The molecule has 0 bridgehead atoms. The number of carbonyl (C=O) groups is 1. The van der Waals surface area contributed by atoms with Crippen LogP contribution in [0.15, 0.2) is 29.2 Å². The van der Waals surface area contributed by atoms with Crippen LogP contribution < -0.4 is 5.32 Å². The Balaban J connectivity index is 2.33. The second-order valence-electron chi connectivity index (χ2n) is 5.03. The van der Waals surface area contributed by atoms with Crippen molar-refractivity contribution in [2.75, 3.05) is 12.4 Å². The molecule has 4 heteroatoms. The van der Waals surface area contributed by atoms with E-state index in [0.717, 1.165) is 12.2 Å². The van der Waals surface area contributed by atoms with E-state index in [9.17, 15) is 9.90 Å². The van der Waals surface area contributed by atoms with Crippen LogP contribution in [-0.2, 0) is 4.79 Å². The van der Waals surface area contributed by atoms with E-state index in [-0.39, 0.29) is 12.5 Å². The first-order valence-electron chi connectivity index (χ1n) is 6.60. The average molecular weight is 281 g/mol. The maximum atomic E-state index is 11.8. The molecule has 1 aromatic carbocycles. The zero-order valence-electron chi connectivity index (χ0n) is 11.9. The lowest BCUT2D eigenvalue weighted by atomic mass is 10.0. The van der Waals surface area contributed by atoms with Crippen LogP contribution >= 0.6 is 11.8 Å². The maximum absolute atomic E-state index is 11.8. The summed E-state index contributed by atoms with van der Waals surface area (Å²) in [6.45, 7) is 5.85. The van der Waals surface area contributed by atoms with E-state index in [4.69, 9.17) is 0 Å². The van der Waals surface area contributed by atoms with Crippen LogP contribution in [0, 0.1) is 6.92 Å². The van der Waals surface area contributed by atoms with Gasteiger partial charge in [0.15, 0.2) is 0 Å². The Labute approximate surface area is 119 Å². The van der Waals surface area contributed by atoms with Crippen molar-refractivity contribution in [2.24, 2.45) is 0 Å². The van der Waals surface area contributed by atoms with Crippen molar-refractivity contribution in [2.45, 2.75) is 44.0 Å². The van der Waals surface area contributed by atoms with Crippen molar-refractivity contribution in [1.29, 1.82) is 0 Å². The molecule has 0 aliphatic rings. The van der Waals surface area contributed by atoms with Gasteiger partial charge in [0.1, 0.15) is 0 Å². The number of aliphatic hydroxyl groups excluding tert-OH is 1. The Bertz CT molecular complexity index is 399. The minimum absolute atomic E-state index is 0.00184. The van der Waals surface area contributed by atoms with Gasteiger partial charge in [0, 0.05) is 17.1 Å². The Hall–Kier alpha value is -1.00. The number of nitrogens with one attached hydrogen (secondary N) is 1. The van der Waals surface area contributed by atoms with E-state index < -0.39 is 5.54 Å². The largest absolute Gasteiger partial charge is 0.394 e. The van der Waals surface area contributed by atoms with Crippen LogP contribution in [0.1, 0.15) is 32.3 Å². The summed E-state index contributed by atoms with van der Waals surface area (Å²) in [5.41, 5.74) is 0.745. The second kappa shape index (κ2) is 7.56. The molecule has 0 radical (unpaired) electrons. The maximum Gasteiger partial charge on any atom is 0.221 e. The lowest BCUT2D eigenvalue weighted by Crippen LogP contribution is -2.48. The third kappa shape index (κ3) is 5.66. The molecule has 0 saturated carbocycles. The minimum atomic E-state index is -0.494. The van der Waals surface area contributed by atoms with Crippen LogP contribution in [-0.4, -0.2) is 28.9 Å². The van der Waals surface area contributed by atoms with Crippen LogP contribution in [0.25, 0.3) is 0 Å². The van der Waals surface area contributed by atoms with Gasteiger partial charge in [0.25, 0.3) is 0 Å². The molecule has 2 N–H and O–H groups in total. The summed E-state index contributed by atoms with van der Waals surface area (Å²) >= 11 is 1.68. The molecular weight excluding hydrogens is 258 g/mol. The van der Waals surface area contributed by atoms with Crippen molar-refractivity contribution in [3.8, 4) is 0 Å². The first-order valence-corrected chi connectivity index (χ1v) is 7.59. The van der Waals surface area contributed by atoms with E-state index in [0.29, 0.717) is 6.42 Å². The molecule has 1 amide bonds. The molecule has 106 valence electrons. The van der Waals surface area contributed by atoms with Crippen molar-refractivity contribution >= 4 is 17.7 Å². The monoisotopic (exact) mass is 281 g/mol. The Morgan fingerprint density at radius 2 is 2.00 bits per heavy atom. The van der Waals surface area contributed by atoms with Crippen molar-refractivity contribution in [3.05, 3.63) is 29.8 Å². The number of hydrogen-bond donors (Lipinski definition) is 2. The molecule has 1 atom stereocenters. The Kier molecular flexibility index (Phi) is 6.38. The van der Waals surface area contributed by atoms with Gasteiger partial charge in [-0.2, -0.15) is 0 Å². The molecular formula is C15H23NO2S. The smallest absolute Gasteiger partial charge is 0.221 e. The summed E-state index contributed by atoms with van der Waals surface area (Å²) in [6, 6.07) is 8.29. The summed E-state index contributed by atoms with van der Waals surface area (Å²) in [5, 5.41) is 12.1. The quantitative estimate of drug-likeness (QED) is 0.756. The molecule has 1 unspecified atom stereocenters. The molecule has 0 aliphatic heterocycles. The average Bonchev–Trinajstić information content (AvgIpc) is 2.41. The molecule has 19 heavy (non-hydrogen) atoms. The normalized spacial score (nSPS) is 13.9. The van der Waals surface area contributed by atoms with Crippen LogP contribution in [0.4, 0.5) is 0 Å².